The number of allylic oxidation sites excluding steroid dienone is 7. The quantitative estimate of drug-likeness (QED) is 0.448. The summed E-state index contributed by atoms with van der Waals surface area (Å²) < 4.78 is 0. The zero-order valence-corrected chi connectivity index (χ0v) is 20.1. The largest absolute Gasteiger partial charge is 0.294 e. The Morgan fingerprint density at radius 1 is 1.00 bits per heavy atom. The highest BCUT2D eigenvalue weighted by Gasteiger charge is 2.25. The molecule has 1 saturated carbocycles. The molecule has 2 aliphatic rings. The molecule has 0 saturated heterocycles. The van der Waals surface area contributed by atoms with E-state index < -0.39 is 0 Å². The molecule has 33 heavy (non-hydrogen) atoms. The number of hydrogen-bond donors (Lipinski definition) is 0. The molecule has 1 heteroatoms. The van der Waals surface area contributed by atoms with Crippen LogP contribution in [0.1, 0.15) is 67.2 Å². The fourth-order valence-electron chi connectivity index (χ4n) is 5.17. The van der Waals surface area contributed by atoms with Crippen LogP contribution in [0.3, 0.4) is 0 Å². The maximum absolute atomic E-state index is 12.6. The van der Waals surface area contributed by atoms with Gasteiger partial charge < -0.3 is 0 Å². The Morgan fingerprint density at radius 2 is 1.73 bits per heavy atom. The second-order valence-corrected chi connectivity index (χ2v) is 9.83. The highest BCUT2D eigenvalue weighted by atomic mass is 16.1. The molecule has 1 fully saturated rings. The lowest BCUT2D eigenvalue weighted by Gasteiger charge is -2.22. The van der Waals surface area contributed by atoms with Crippen molar-refractivity contribution in [2.45, 2.75) is 64.7 Å². The Labute approximate surface area is 199 Å². The molecular weight excluding hydrogens is 400 g/mol. The monoisotopic (exact) mass is 436 g/mol. The van der Waals surface area contributed by atoms with Crippen molar-refractivity contribution in [3.8, 4) is 0 Å². The van der Waals surface area contributed by atoms with Crippen LogP contribution in [0, 0.1) is 12.8 Å². The van der Waals surface area contributed by atoms with Gasteiger partial charge in [-0.25, -0.2) is 0 Å². The van der Waals surface area contributed by atoms with Crippen LogP contribution in [-0.2, 0) is 17.6 Å². The van der Waals surface area contributed by atoms with Gasteiger partial charge in [0.1, 0.15) is 0 Å². The Balaban J connectivity index is 1.42. The maximum atomic E-state index is 12.6. The van der Waals surface area contributed by atoms with Crippen LogP contribution in [0.2, 0.25) is 0 Å². The summed E-state index contributed by atoms with van der Waals surface area (Å²) >= 11 is 0. The molecule has 0 aromatic heterocycles. The van der Waals surface area contributed by atoms with E-state index in [1.807, 2.05) is 18.2 Å². The van der Waals surface area contributed by atoms with Gasteiger partial charge in [0.2, 0.25) is 0 Å². The molecule has 0 heterocycles. The Bertz CT molecular complexity index is 1090. The fraction of sp³-hybridized carbons (Fsp3) is 0.344. The molecule has 0 amide bonds. The lowest BCUT2D eigenvalue weighted by molar-refractivity contribution is -0.117. The first-order valence-electron chi connectivity index (χ1n) is 12.4. The first kappa shape index (κ1) is 23.2. The molecule has 1 nitrogen and oxygen atoms in total. The van der Waals surface area contributed by atoms with Crippen LogP contribution in [0.25, 0.3) is 0 Å². The van der Waals surface area contributed by atoms with Crippen molar-refractivity contribution in [3.63, 3.8) is 0 Å². The van der Waals surface area contributed by atoms with Gasteiger partial charge in [-0.1, -0.05) is 98.2 Å². The fourth-order valence-corrected chi connectivity index (χ4v) is 5.17. The number of carbonyl (C=O) groups excluding carboxylic acids is 1. The van der Waals surface area contributed by atoms with E-state index in [0.717, 1.165) is 23.5 Å². The minimum Gasteiger partial charge on any atom is -0.294 e. The molecule has 1 atom stereocenters. The highest BCUT2D eigenvalue weighted by Crippen LogP contribution is 2.33. The molecule has 2 aliphatic carbocycles. The SMILES string of the molecule is C=C1/C(=C\C=C(/C)Cc2ccc(C3CCCCC3)cc2)C=CC(=O)C1Cc1ccccc1C. The molecule has 2 aromatic rings. The van der Waals surface area contributed by atoms with Crippen LogP contribution >= 0.6 is 0 Å². The van der Waals surface area contributed by atoms with E-state index in [-0.39, 0.29) is 11.7 Å². The van der Waals surface area contributed by atoms with E-state index in [0.29, 0.717) is 6.42 Å². The highest BCUT2D eigenvalue weighted by molar-refractivity contribution is 5.97. The molecule has 170 valence electrons. The molecule has 1 unspecified atom stereocenters. The zero-order chi connectivity index (χ0) is 23.2. The van der Waals surface area contributed by atoms with Crippen LogP contribution in [0.5, 0.6) is 0 Å². The molecule has 4 rings (SSSR count). The molecular formula is C32H36O. The number of aryl methyl sites for hydroxylation is 1. The summed E-state index contributed by atoms with van der Waals surface area (Å²) in [6.45, 7) is 8.58. The van der Waals surface area contributed by atoms with Crippen LogP contribution < -0.4 is 0 Å². The van der Waals surface area contributed by atoms with Crippen molar-refractivity contribution in [1.29, 1.82) is 0 Å². The summed E-state index contributed by atoms with van der Waals surface area (Å²) in [7, 11) is 0. The second kappa shape index (κ2) is 10.8. The summed E-state index contributed by atoms with van der Waals surface area (Å²) in [6.07, 6.45) is 16.4. The minimum absolute atomic E-state index is 0.152. The summed E-state index contributed by atoms with van der Waals surface area (Å²) in [4.78, 5) is 12.6. The maximum Gasteiger partial charge on any atom is 0.163 e. The van der Waals surface area contributed by atoms with Gasteiger partial charge in [0.25, 0.3) is 0 Å². The molecule has 0 N–H and O–H groups in total. The van der Waals surface area contributed by atoms with E-state index in [4.69, 9.17) is 0 Å². The van der Waals surface area contributed by atoms with Crippen LogP contribution in [-0.4, -0.2) is 5.78 Å². The first-order valence-corrected chi connectivity index (χ1v) is 12.4. The van der Waals surface area contributed by atoms with Crippen molar-refractivity contribution in [2.24, 2.45) is 5.92 Å². The zero-order valence-electron chi connectivity index (χ0n) is 20.1. The average Bonchev–Trinajstić information content (AvgIpc) is 2.83. The third kappa shape index (κ3) is 5.90. The molecule has 0 radical (unpaired) electrons. The predicted octanol–water partition coefficient (Wildman–Crippen LogP) is 8.01. The van der Waals surface area contributed by atoms with Gasteiger partial charge in [-0.2, -0.15) is 0 Å². The van der Waals surface area contributed by atoms with E-state index in [2.05, 4.69) is 69.0 Å². The van der Waals surface area contributed by atoms with Crippen molar-refractivity contribution < 1.29 is 4.79 Å². The lowest BCUT2D eigenvalue weighted by atomic mass is 9.80. The smallest absolute Gasteiger partial charge is 0.163 e. The minimum atomic E-state index is -0.177. The number of hydrogen-bond acceptors (Lipinski definition) is 1. The van der Waals surface area contributed by atoms with Crippen molar-refractivity contribution in [1.82, 2.24) is 0 Å². The van der Waals surface area contributed by atoms with Crippen LogP contribution in [0.4, 0.5) is 0 Å². The number of carbonyl (C=O) groups is 1. The lowest BCUT2D eigenvalue weighted by Crippen LogP contribution is -2.21. The van der Waals surface area contributed by atoms with Crippen molar-refractivity contribution in [3.05, 3.63) is 118 Å². The number of benzene rings is 2. The standard InChI is InChI=1S/C32H36O/c1-23(21-26-14-17-29(18-15-26)28-10-5-4-6-11-28)13-16-27-19-20-32(33)31(25(27)3)22-30-12-8-7-9-24(30)2/h7-9,12-20,28,31H,3-6,10-11,21-22H2,1-2H3/b23-13+,27-16-. The molecule has 2 aromatic carbocycles. The van der Waals surface area contributed by atoms with E-state index in [1.54, 1.807) is 6.08 Å². The van der Waals surface area contributed by atoms with Gasteiger partial charge >= 0.3 is 0 Å². The van der Waals surface area contributed by atoms with Gasteiger partial charge in [0.15, 0.2) is 5.78 Å². The Hall–Kier alpha value is -2.93. The normalized spacial score (nSPS) is 21.1. The topological polar surface area (TPSA) is 17.1 Å². The predicted molar refractivity (Wildman–Crippen MR) is 139 cm³/mol. The van der Waals surface area contributed by atoms with E-state index in [1.165, 1.54) is 59.9 Å². The number of ketones is 1. The summed E-state index contributed by atoms with van der Waals surface area (Å²) in [5, 5.41) is 0. The van der Waals surface area contributed by atoms with E-state index in [9.17, 15) is 4.79 Å². The van der Waals surface area contributed by atoms with Crippen molar-refractivity contribution in [2.75, 3.05) is 0 Å². The third-order valence-corrected chi connectivity index (χ3v) is 7.33. The first-order chi connectivity index (χ1) is 16.0. The van der Waals surface area contributed by atoms with Gasteiger partial charge in [0, 0.05) is 0 Å². The van der Waals surface area contributed by atoms with Gasteiger partial charge in [-0.05, 0) is 84.9 Å². The second-order valence-electron chi connectivity index (χ2n) is 9.83. The average molecular weight is 437 g/mol. The van der Waals surface area contributed by atoms with E-state index >= 15 is 0 Å². The van der Waals surface area contributed by atoms with Gasteiger partial charge in [-0.3, -0.25) is 4.79 Å². The Morgan fingerprint density at radius 3 is 2.45 bits per heavy atom. The van der Waals surface area contributed by atoms with Crippen LogP contribution in [0.15, 0.2) is 96.1 Å². The summed E-state index contributed by atoms with van der Waals surface area (Å²) in [5.41, 5.74) is 8.59. The summed E-state index contributed by atoms with van der Waals surface area (Å²) in [5.74, 6) is 0.733. The number of rotatable bonds is 6. The molecule has 0 spiro atoms. The summed E-state index contributed by atoms with van der Waals surface area (Å²) in [6, 6.07) is 17.6. The van der Waals surface area contributed by atoms with Gasteiger partial charge in [0.05, 0.1) is 5.92 Å². The molecule has 0 bridgehead atoms. The van der Waals surface area contributed by atoms with Crippen molar-refractivity contribution >= 4 is 5.78 Å². The Kier molecular flexibility index (Phi) is 7.60. The third-order valence-electron chi connectivity index (χ3n) is 7.33. The molecule has 0 aliphatic heterocycles. The van der Waals surface area contributed by atoms with Gasteiger partial charge in [-0.15, -0.1) is 0 Å².